The molecule has 0 aliphatic rings. The Kier molecular flexibility index (Phi) is 3.76. The molecule has 2 rings (SSSR count). The Morgan fingerprint density at radius 3 is 2.94 bits per heavy atom. The second-order valence-corrected chi connectivity index (χ2v) is 4.14. The predicted octanol–water partition coefficient (Wildman–Crippen LogP) is 1.36. The fraction of sp³-hybridized carbons (Fsp3) is 0.417. The first-order chi connectivity index (χ1) is 8.72. The van der Waals surface area contributed by atoms with E-state index in [2.05, 4.69) is 27.3 Å². The molecule has 2 heterocycles. The second-order valence-electron chi connectivity index (χ2n) is 4.14. The van der Waals surface area contributed by atoms with Gasteiger partial charge in [-0.25, -0.2) is 9.97 Å². The first-order valence-electron chi connectivity index (χ1n) is 6.02. The van der Waals surface area contributed by atoms with Crippen LogP contribution in [0.25, 0.3) is 0 Å². The summed E-state index contributed by atoms with van der Waals surface area (Å²) in [5.41, 5.74) is 8.67. The molecular weight excluding hydrogens is 228 g/mol. The highest BCUT2D eigenvalue weighted by Gasteiger charge is 2.12. The van der Waals surface area contributed by atoms with Crippen molar-refractivity contribution in [3.8, 4) is 0 Å². The van der Waals surface area contributed by atoms with Crippen LogP contribution in [0.1, 0.15) is 24.7 Å². The number of nitrogen functional groups attached to an aromatic ring is 1. The smallest absolute Gasteiger partial charge is 0.148 e. The van der Waals surface area contributed by atoms with Crippen molar-refractivity contribution in [2.45, 2.75) is 26.3 Å². The van der Waals surface area contributed by atoms with Gasteiger partial charge in [0.15, 0.2) is 0 Å². The highest BCUT2D eigenvalue weighted by Crippen LogP contribution is 2.23. The Bertz CT molecular complexity index is 505. The van der Waals surface area contributed by atoms with Crippen LogP contribution in [0.4, 0.5) is 11.5 Å². The number of nitrogens with two attached hydrogens (primary N) is 1. The number of anilines is 2. The number of rotatable bonds is 5. The maximum Gasteiger partial charge on any atom is 0.148 e. The van der Waals surface area contributed by atoms with E-state index >= 15 is 0 Å². The lowest BCUT2D eigenvalue weighted by Crippen LogP contribution is -2.07. The summed E-state index contributed by atoms with van der Waals surface area (Å²) in [6.45, 7) is 2.72. The van der Waals surface area contributed by atoms with E-state index in [0.717, 1.165) is 35.7 Å². The van der Waals surface area contributed by atoms with Gasteiger partial charge in [-0.3, -0.25) is 4.68 Å². The van der Waals surface area contributed by atoms with E-state index in [4.69, 9.17) is 5.73 Å². The summed E-state index contributed by atoms with van der Waals surface area (Å²) in [6, 6.07) is 1.87. The van der Waals surface area contributed by atoms with Gasteiger partial charge in [0, 0.05) is 13.2 Å². The summed E-state index contributed by atoms with van der Waals surface area (Å²) in [6.07, 6.45) is 5.19. The molecule has 6 heteroatoms. The molecule has 0 spiro atoms. The van der Waals surface area contributed by atoms with Gasteiger partial charge in [0.1, 0.15) is 12.1 Å². The van der Waals surface area contributed by atoms with Crippen LogP contribution in [-0.4, -0.2) is 19.7 Å². The molecule has 0 fully saturated rings. The summed E-state index contributed by atoms with van der Waals surface area (Å²) < 4.78 is 1.78. The van der Waals surface area contributed by atoms with Crippen molar-refractivity contribution in [2.24, 2.45) is 7.05 Å². The number of aromatic nitrogens is 4. The number of nitrogens with one attached hydrogen (secondary N) is 1. The zero-order valence-corrected chi connectivity index (χ0v) is 10.7. The summed E-state index contributed by atoms with van der Waals surface area (Å²) in [5.74, 6) is 0.845. The molecule has 0 atom stereocenters. The third-order valence-corrected chi connectivity index (χ3v) is 2.73. The van der Waals surface area contributed by atoms with E-state index < -0.39 is 0 Å². The molecule has 2 aromatic heterocycles. The van der Waals surface area contributed by atoms with Crippen LogP contribution in [-0.2, 0) is 20.0 Å². The van der Waals surface area contributed by atoms with Gasteiger partial charge in [-0.05, 0) is 12.5 Å². The van der Waals surface area contributed by atoms with E-state index in [1.165, 1.54) is 6.33 Å². The fourth-order valence-corrected chi connectivity index (χ4v) is 1.82. The van der Waals surface area contributed by atoms with Crippen LogP contribution in [0.5, 0.6) is 0 Å². The van der Waals surface area contributed by atoms with Gasteiger partial charge in [-0.1, -0.05) is 13.3 Å². The normalized spacial score (nSPS) is 10.6. The van der Waals surface area contributed by atoms with Crippen LogP contribution in [0.15, 0.2) is 18.6 Å². The van der Waals surface area contributed by atoms with Gasteiger partial charge in [0.05, 0.1) is 23.6 Å². The van der Waals surface area contributed by atoms with Crippen LogP contribution in [0.3, 0.4) is 0 Å². The van der Waals surface area contributed by atoms with Gasteiger partial charge in [0.25, 0.3) is 0 Å². The average molecular weight is 246 g/mol. The molecule has 0 amide bonds. The van der Waals surface area contributed by atoms with Gasteiger partial charge in [-0.2, -0.15) is 5.10 Å². The summed E-state index contributed by atoms with van der Waals surface area (Å²) in [5, 5.41) is 7.67. The van der Waals surface area contributed by atoms with Crippen molar-refractivity contribution < 1.29 is 0 Å². The van der Waals surface area contributed by atoms with Crippen molar-refractivity contribution >= 4 is 11.5 Å². The molecule has 0 saturated heterocycles. The Hall–Kier alpha value is -2.11. The molecule has 3 N–H and O–H groups in total. The van der Waals surface area contributed by atoms with E-state index in [9.17, 15) is 0 Å². The zero-order valence-electron chi connectivity index (χ0n) is 10.7. The SMILES string of the molecule is CCCc1nn(C)c(NCc2ccncn2)c1N. The minimum Gasteiger partial charge on any atom is -0.394 e. The van der Waals surface area contributed by atoms with Gasteiger partial charge in [0.2, 0.25) is 0 Å². The summed E-state index contributed by atoms with van der Waals surface area (Å²) >= 11 is 0. The third kappa shape index (κ3) is 2.58. The summed E-state index contributed by atoms with van der Waals surface area (Å²) in [7, 11) is 1.89. The zero-order chi connectivity index (χ0) is 13.0. The first kappa shape index (κ1) is 12.3. The van der Waals surface area contributed by atoms with Crippen LogP contribution in [0, 0.1) is 0 Å². The molecule has 0 aliphatic carbocycles. The largest absolute Gasteiger partial charge is 0.394 e. The highest BCUT2D eigenvalue weighted by molar-refractivity contribution is 5.65. The Balaban J connectivity index is 2.10. The number of aryl methyl sites for hydroxylation is 2. The van der Waals surface area contributed by atoms with E-state index in [1.54, 1.807) is 10.9 Å². The van der Waals surface area contributed by atoms with Crippen molar-refractivity contribution in [3.63, 3.8) is 0 Å². The monoisotopic (exact) mass is 246 g/mol. The Morgan fingerprint density at radius 1 is 1.44 bits per heavy atom. The van der Waals surface area contributed by atoms with Gasteiger partial charge >= 0.3 is 0 Å². The Morgan fingerprint density at radius 2 is 2.28 bits per heavy atom. The molecule has 0 bridgehead atoms. The fourth-order valence-electron chi connectivity index (χ4n) is 1.82. The highest BCUT2D eigenvalue weighted by atomic mass is 15.3. The maximum atomic E-state index is 6.08. The minimum absolute atomic E-state index is 0.609. The quantitative estimate of drug-likeness (QED) is 0.832. The van der Waals surface area contributed by atoms with Crippen LogP contribution < -0.4 is 11.1 Å². The molecular formula is C12H18N6. The van der Waals surface area contributed by atoms with Crippen LogP contribution >= 0.6 is 0 Å². The molecule has 18 heavy (non-hydrogen) atoms. The molecule has 0 aliphatic heterocycles. The Labute approximate surface area is 106 Å². The molecule has 6 nitrogen and oxygen atoms in total. The standard InChI is InChI=1S/C12H18N6/c1-3-4-10-11(13)12(18(2)17-10)15-7-9-5-6-14-8-16-9/h5-6,8,15H,3-4,7,13H2,1-2H3. The molecule has 96 valence electrons. The van der Waals surface area contributed by atoms with E-state index in [0.29, 0.717) is 6.54 Å². The lowest BCUT2D eigenvalue weighted by molar-refractivity contribution is 0.734. The molecule has 0 radical (unpaired) electrons. The van der Waals surface area contributed by atoms with E-state index in [1.807, 2.05) is 13.1 Å². The molecule has 0 unspecified atom stereocenters. The van der Waals surface area contributed by atoms with Gasteiger partial charge < -0.3 is 11.1 Å². The van der Waals surface area contributed by atoms with Crippen molar-refractivity contribution in [2.75, 3.05) is 11.1 Å². The van der Waals surface area contributed by atoms with Crippen LogP contribution in [0.2, 0.25) is 0 Å². The third-order valence-electron chi connectivity index (χ3n) is 2.73. The molecule has 2 aromatic rings. The predicted molar refractivity (Wildman–Crippen MR) is 71.0 cm³/mol. The number of hydrogen-bond acceptors (Lipinski definition) is 5. The topological polar surface area (TPSA) is 81.7 Å². The lowest BCUT2D eigenvalue weighted by atomic mass is 10.2. The minimum atomic E-state index is 0.609. The maximum absolute atomic E-state index is 6.08. The van der Waals surface area contributed by atoms with Crippen molar-refractivity contribution in [1.29, 1.82) is 0 Å². The summed E-state index contributed by atoms with van der Waals surface area (Å²) in [4.78, 5) is 8.03. The average Bonchev–Trinajstić information content (AvgIpc) is 2.64. The van der Waals surface area contributed by atoms with Crippen molar-refractivity contribution in [3.05, 3.63) is 30.0 Å². The van der Waals surface area contributed by atoms with E-state index in [-0.39, 0.29) is 0 Å². The number of hydrogen-bond donors (Lipinski definition) is 2. The van der Waals surface area contributed by atoms with Crippen molar-refractivity contribution in [1.82, 2.24) is 19.7 Å². The second kappa shape index (κ2) is 5.48. The first-order valence-corrected chi connectivity index (χ1v) is 6.02. The molecule has 0 aromatic carbocycles. The molecule has 0 saturated carbocycles. The lowest BCUT2D eigenvalue weighted by Gasteiger charge is -2.06. The van der Waals surface area contributed by atoms with Gasteiger partial charge in [-0.15, -0.1) is 0 Å². The number of nitrogens with zero attached hydrogens (tertiary/aromatic N) is 4.